The minimum Gasteiger partial charge on any atom is -0.315 e. The number of thiophene rings is 1. The van der Waals surface area contributed by atoms with Gasteiger partial charge in [0, 0.05) is 25.7 Å². The summed E-state index contributed by atoms with van der Waals surface area (Å²) < 4.78 is 28.1. The molecule has 0 saturated carbocycles. The van der Waals surface area contributed by atoms with Crippen molar-refractivity contribution in [1.82, 2.24) is 14.5 Å². The van der Waals surface area contributed by atoms with Gasteiger partial charge in [-0.05, 0) is 50.3 Å². The van der Waals surface area contributed by atoms with Gasteiger partial charge in [-0.15, -0.1) is 11.3 Å². The van der Waals surface area contributed by atoms with Crippen LogP contribution in [0.3, 0.4) is 0 Å². The Hall–Kier alpha value is -0.470. The Balaban J connectivity index is 1.72. The second-order valence-electron chi connectivity index (χ2n) is 6.10. The van der Waals surface area contributed by atoms with Crippen LogP contribution in [0.2, 0.25) is 0 Å². The zero-order valence-electron chi connectivity index (χ0n) is 12.9. The van der Waals surface area contributed by atoms with Crippen LogP contribution >= 0.6 is 11.3 Å². The first-order valence-corrected chi connectivity index (χ1v) is 10.5. The molecule has 1 N–H and O–H groups in total. The lowest BCUT2D eigenvalue weighted by Crippen LogP contribution is -2.46. The van der Waals surface area contributed by atoms with Crippen LogP contribution in [0.25, 0.3) is 0 Å². The summed E-state index contributed by atoms with van der Waals surface area (Å²) in [4.78, 5) is 2.41. The van der Waals surface area contributed by atoms with Crippen LogP contribution < -0.4 is 5.32 Å². The normalized spacial score (nSPS) is 24.1. The second-order valence-corrected chi connectivity index (χ2v) is 9.16. The Morgan fingerprint density at radius 2 is 2.14 bits per heavy atom. The van der Waals surface area contributed by atoms with E-state index in [0.29, 0.717) is 10.8 Å². The number of likely N-dealkylation sites (tertiary alicyclic amines) is 1. The average Bonchev–Trinajstić information content (AvgIpc) is 3.22. The van der Waals surface area contributed by atoms with E-state index in [-0.39, 0.29) is 6.04 Å². The van der Waals surface area contributed by atoms with Crippen LogP contribution in [0.15, 0.2) is 21.7 Å². The summed E-state index contributed by atoms with van der Waals surface area (Å²) in [7, 11) is -3.36. The summed E-state index contributed by atoms with van der Waals surface area (Å²) in [5, 5.41) is 5.13. The Kier molecular flexibility index (Phi) is 5.51. The van der Waals surface area contributed by atoms with Crippen LogP contribution in [0.5, 0.6) is 0 Å². The number of nitrogens with one attached hydrogen (secondary N) is 1. The van der Waals surface area contributed by atoms with Gasteiger partial charge in [0.25, 0.3) is 10.0 Å². The van der Waals surface area contributed by atoms with Crippen LogP contribution in [0, 0.1) is 0 Å². The third kappa shape index (κ3) is 3.71. The monoisotopic (exact) mass is 343 g/mol. The minimum atomic E-state index is -3.36. The molecule has 1 unspecified atom stereocenters. The van der Waals surface area contributed by atoms with Crippen molar-refractivity contribution in [2.45, 2.75) is 35.9 Å². The summed E-state index contributed by atoms with van der Waals surface area (Å²) in [6.45, 7) is 5.34. The Labute approximate surface area is 137 Å². The number of nitrogens with zero attached hydrogens (tertiary/aromatic N) is 2. The third-order valence-corrected chi connectivity index (χ3v) is 7.91. The van der Waals surface area contributed by atoms with Gasteiger partial charge in [-0.25, -0.2) is 8.42 Å². The van der Waals surface area contributed by atoms with Crippen LogP contribution in [0.1, 0.15) is 25.7 Å². The van der Waals surface area contributed by atoms with Gasteiger partial charge in [0.05, 0.1) is 0 Å². The fraction of sp³-hybridized carbons (Fsp3) is 0.733. The predicted octanol–water partition coefficient (Wildman–Crippen LogP) is 1.59. The van der Waals surface area contributed by atoms with E-state index in [2.05, 4.69) is 10.2 Å². The topological polar surface area (TPSA) is 52.7 Å². The van der Waals surface area contributed by atoms with E-state index < -0.39 is 10.0 Å². The Bertz CT molecular complexity index is 547. The first kappa shape index (κ1) is 16.4. The molecule has 0 spiro atoms. The molecule has 2 fully saturated rings. The standard InChI is InChI=1S/C15H25N3O2S2/c19-22(20,15-5-4-12-21-15)18(14-6-7-16-13-14)11-10-17-8-2-1-3-9-17/h4-5,12,14,16H,1-3,6-11,13H2. The SMILES string of the molecule is O=S(=O)(c1cccs1)N(CCN1CCCCC1)C1CCNC1. The molecule has 0 amide bonds. The molecule has 1 atom stereocenters. The largest absolute Gasteiger partial charge is 0.315 e. The van der Waals surface area contributed by atoms with Gasteiger partial charge in [0.1, 0.15) is 4.21 Å². The Morgan fingerprint density at radius 1 is 1.32 bits per heavy atom. The first-order chi connectivity index (χ1) is 10.7. The summed E-state index contributed by atoms with van der Waals surface area (Å²) in [6, 6.07) is 3.63. The van der Waals surface area contributed by atoms with E-state index in [1.807, 2.05) is 11.4 Å². The number of hydrogen-bond donors (Lipinski definition) is 1. The predicted molar refractivity (Wildman–Crippen MR) is 89.8 cm³/mol. The summed E-state index contributed by atoms with van der Waals surface area (Å²) >= 11 is 1.31. The molecule has 0 aromatic carbocycles. The van der Waals surface area contributed by atoms with Crippen molar-refractivity contribution in [1.29, 1.82) is 0 Å². The quantitative estimate of drug-likeness (QED) is 0.852. The second kappa shape index (κ2) is 7.40. The van der Waals surface area contributed by atoms with Crippen molar-refractivity contribution < 1.29 is 8.42 Å². The van der Waals surface area contributed by atoms with E-state index in [0.717, 1.165) is 39.1 Å². The summed E-state index contributed by atoms with van der Waals surface area (Å²) in [6.07, 6.45) is 4.69. The third-order valence-electron chi connectivity index (χ3n) is 4.58. The van der Waals surface area contributed by atoms with Crippen molar-refractivity contribution in [2.75, 3.05) is 39.3 Å². The molecule has 3 heterocycles. The maximum absolute atomic E-state index is 12.9. The minimum absolute atomic E-state index is 0.0943. The fourth-order valence-electron chi connectivity index (χ4n) is 3.33. The van der Waals surface area contributed by atoms with Gasteiger partial charge >= 0.3 is 0 Å². The number of hydrogen-bond acceptors (Lipinski definition) is 5. The molecular formula is C15H25N3O2S2. The first-order valence-electron chi connectivity index (χ1n) is 8.16. The molecule has 1 aromatic heterocycles. The lowest BCUT2D eigenvalue weighted by molar-refractivity contribution is 0.202. The molecule has 2 saturated heterocycles. The molecular weight excluding hydrogens is 318 g/mol. The zero-order chi connectivity index (χ0) is 15.4. The highest BCUT2D eigenvalue weighted by Crippen LogP contribution is 2.24. The highest BCUT2D eigenvalue weighted by Gasteiger charge is 2.33. The lowest BCUT2D eigenvalue weighted by Gasteiger charge is -2.32. The van der Waals surface area contributed by atoms with E-state index in [4.69, 9.17) is 0 Å². The highest BCUT2D eigenvalue weighted by molar-refractivity contribution is 7.91. The van der Waals surface area contributed by atoms with E-state index >= 15 is 0 Å². The van der Waals surface area contributed by atoms with Gasteiger partial charge in [0.2, 0.25) is 0 Å². The lowest BCUT2D eigenvalue weighted by atomic mass is 10.1. The van der Waals surface area contributed by atoms with Crippen molar-refractivity contribution in [3.63, 3.8) is 0 Å². The smallest absolute Gasteiger partial charge is 0.252 e. The molecule has 2 aliphatic heterocycles. The Morgan fingerprint density at radius 3 is 2.77 bits per heavy atom. The molecule has 0 aliphatic carbocycles. The molecule has 1 aromatic rings. The molecule has 0 radical (unpaired) electrons. The average molecular weight is 344 g/mol. The van der Waals surface area contributed by atoms with Gasteiger partial charge in [-0.1, -0.05) is 12.5 Å². The van der Waals surface area contributed by atoms with Crippen molar-refractivity contribution >= 4 is 21.4 Å². The van der Waals surface area contributed by atoms with Crippen LogP contribution in [-0.2, 0) is 10.0 Å². The highest BCUT2D eigenvalue weighted by atomic mass is 32.2. The summed E-state index contributed by atoms with van der Waals surface area (Å²) in [5.74, 6) is 0. The van der Waals surface area contributed by atoms with Crippen molar-refractivity contribution in [3.05, 3.63) is 17.5 Å². The number of rotatable bonds is 6. The van der Waals surface area contributed by atoms with Gasteiger partial charge in [-0.3, -0.25) is 0 Å². The van der Waals surface area contributed by atoms with Gasteiger partial charge in [-0.2, -0.15) is 4.31 Å². The van der Waals surface area contributed by atoms with E-state index in [1.165, 1.54) is 30.6 Å². The molecule has 5 nitrogen and oxygen atoms in total. The van der Waals surface area contributed by atoms with Gasteiger partial charge < -0.3 is 10.2 Å². The van der Waals surface area contributed by atoms with Crippen LogP contribution in [-0.4, -0.2) is 62.9 Å². The van der Waals surface area contributed by atoms with Crippen molar-refractivity contribution in [2.24, 2.45) is 0 Å². The van der Waals surface area contributed by atoms with E-state index in [1.54, 1.807) is 10.4 Å². The molecule has 0 bridgehead atoms. The summed E-state index contributed by atoms with van der Waals surface area (Å²) in [5.41, 5.74) is 0. The fourth-order valence-corrected chi connectivity index (χ4v) is 6.10. The van der Waals surface area contributed by atoms with Crippen LogP contribution in [0.4, 0.5) is 0 Å². The maximum Gasteiger partial charge on any atom is 0.252 e. The molecule has 22 heavy (non-hydrogen) atoms. The number of sulfonamides is 1. The molecule has 7 heteroatoms. The van der Waals surface area contributed by atoms with Gasteiger partial charge in [0.15, 0.2) is 0 Å². The maximum atomic E-state index is 12.9. The van der Waals surface area contributed by atoms with E-state index in [9.17, 15) is 8.42 Å². The number of piperidine rings is 1. The zero-order valence-corrected chi connectivity index (χ0v) is 14.5. The molecule has 2 aliphatic rings. The molecule has 124 valence electrons. The van der Waals surface area contributed by atoms with Crippen molar-refractivity contribution in [3.8, 4) is 0 Å². The molecule has 3 rings (SSSR count).